The highest BCUT2D eigenvalue weighted by atomic mass is 32.1. The van der Waals surface area contributed by atoms with Gasteiger partial charge in [0.05, 0.1) is 30.3 Å². The number of nitrogens with two attached hydrogens (primary N) is 1. The highest BCUT2D eigenvalue weighted by molar-refractivity contribution is 7.17. The molecule has 3 amide bonds. The molecular weight excluding hydrogens is 508 g/mol. The minimum atomic E-state index is -0.372. The molecular formula is C25H34N8O4S. The highest BCUT2D eigenvalue weighted by Crippen LogP contribution is 2.28. The molecule has 1 saturated heterocycles. The van der Waals surface area contributed by atoms with Crippen LogP contribution in [-0.4, -0.2) is 76.1 Å². The highest BCUT2D eigenvalue weighted by Gasteiger charge is 2.22. The Balaban J connectivity index is 1.36. The Labute approximate surface area is 225 Å². The van der Waals surface area contributed by atoms with E-state index in [1.165, 1.54) is 0 Å². The first-order valence-electron chi connectivity index (χ1n) is 12.4. The fraction of sp³-hybridized carbons (Fsp3) is 0.440. The quantitative estimate of drug-likeness (QED) is 0.324. The van der Waals surface area contributed by atoms with Crippen molar-refractivity contribution in [2.24, 2.45) is 14.1 Å². The van der Waals surface area contributed by atoms with E-state index in [2.05, 4.69) is 25.8 Å². The molecule has 0 unspecified atom stereocenters. The average molecular weight is 543 g/mol. The van der Waals surface area contributed by atoms with Gasteiger partial charge in [-0.05, 0) is 18.1 Å². The van der Waals surface area contributed by atoms with E-state index in [0.717, 1.165) is 31.0 Å². The zero-order valence-corrected chi connectivity index (χ0v) is 22.9. The Morgan fingerprint density at radius 3 is 2.18 bits per heavy atom. The lowest BCUT2D eigenvalue weighted by molar-refractivity contribution is 0.0383. The zero-order valence-electron chi connectivity index (χ0n) is 22.0. The summed E-state index contributed by atoms with van der Waals surface area (Å²) in [6.07, 6.45) is 3.34. The van der Waals surface area contributed by atoms with E-state index in [1.807, 2.05) is 13.8 Å². The lowest BCUT2D eigenvalue weighted by Crippen LogP contribution is -2.41. The van der Waals surface area contributed by atoms with Crippen molar-refractivity contribution in [3.8, 4) is 0 Å². The smallest absolute Gasteiger partial charge is 0.272 e. The van der Waals surface area contributed by atoms with Crippen LogP contribution in [0.1, 0.15) is 56.1 Å². The zero-order chi connectivity index (χ0) is 27.4. The van der Waals surface area contributed by atoms with Gasteiger partial charge in [-0.25, -0.2) is 4.98 Å². The van der Waals surface area contributed by atoms with Gasteiger partial charge in [0.15, 0.2) is 5.13 Å². The molecule has 3 aromatic heterocycles. The third kappa shape index (κ3) is 6.41. The second-order valence-electron chi connectivity index (χ2n) is 9.49. The number of aryl methyl sites for hydroxylation is 2. The summed E-state index contributed by atoms with van der Waals surface area (Å²) in [4.78, 5) is 45.5. The third-order valence-corrected chi connectivity index (χ3v) is 7.13. The van der Waals surface area contributed by atoms with Gasteiger partial charge in [-0.3, -0.25) is 19.3 Å². The summed E-state index contributed by atoms with van der Waals surface area (Å²) in [5.74, 6) is -0.866. The second kappa shape index (κ2) is 11.8. The predicted octanol–water partition coefficient (Wildman–Crippen LogP) is 2.09. The molecule has 1 aliphatic heterocycles. The number of nitrogens with one attached hydrogen (secondary N) is 3. The average Bonchev–Trinajstić information content (AvgIpc) is 3.55. The van der Waals surface area contributed by atoms with Crippen molar-refractivity contribution < 1.29 is 19.1 Å². The molecule has 0 aromatic carbocycles. The van der Waals surface area contributed by atoms with Crippen molar-refractivity contribution in [2.75, 3.05) is 55.8 Å². The van der Waals surface area contributed by atoms with Crippen LogP contribution in [0.2, 0.25) is 0 Å². The minimum Gasteiger partial charge on any atom is -0.379 e. The second-order valence-corrected chi connectivity index (χ2v) is 10.5. The molecule has 12 nitrogen and oxygen atoms in total. The van der Waals surface area contributed by atoms with Gasteiger partial charge < -0.3 is 35.6 Å². The van der Waals surface area contributed by atoms with Crippen LogP contribution in [-0.2, 0) is 18.8 Å². The summed E-state index contributed by atoms with van der Waals surface area (Å²) >= 11 is 1.13. The molecule has 0 radical (unpaired) electrons. The third-order valence-electron chi connectivity index (χ3n) is 6.23. The van der Waals surface area contributed by atoms with Gasteiger partial charge in [0.2, 0.25) is 0 Å². The molecule has 4 rings (SSSR count). The number of anilines is 3. The van der Waals surface area contributed by atoms with Gasteiger partial charge >= 0.3 is 0 Å². The van der Waals surface area contributed by atoms with E-state index >= 15 is 0 Å². The largest absolute Gasteiger partial charge is 0.379 e. The summed E-state index contributed by atoms with van der Waals surface area (Å²) < 4.78 is 8.63. The van der Waals surface area contributed by atoms with Crippen molar-refractivity contribution >= 4 is 45.6 Å². The first kappa shape index (κ1) is 27.4. The van der Waals surface area contributed by atoms with E-state index in [4.69, 9.17) is 10.5 Å². The van der Waals surface area contributed by atoms with Gasteiger partial charge in [-0.15, -0.1) is 0 Å². The molecule has 3 aromatic rings. The van der Waals surface area contributed by atoms with Crippen molar-refractivity contribution in [3.63, 3.8) is 0 Å². The Hall–Kier alpha value is -3.68. The number of nitrogens with zero attached hydrogens (tertiary/aromatic N) is 4. The molecule has 4 heterocycles. The summed E-state index contributed by atoms with van der Waals surface area (Å²) in [6, 6.07) is 3.23. The van der Waals surface area contributed by atoms with Crippen LogP contribution >= 0.6 is 11.3 Å². The fourth-order valence-electron chi connectivity index (χ4n) is 4.25. The number of nitrogen functional groups attached to an aromatic ring is 1. The number of thiazole rings is 1. The number of carbonyl (C=O) groups excluding carboxylic acids is 3. The van der Waals surface area contributed by atoms with Crippen LogP contribution in [0.15, 0.2) is 24.5 Å². The molecule has 13 heteroatoms. The van der Waals surface area contributed by atoms with E-state index in [1.54, 1.807) is 47.8 Å². The van der Waals surface area contributed by atoms with E-state index < -0.39 is 0 Å². The monoisotopic (exact) mass is 542 g/mol. The number of carbonyl (C=O) groups is 3. The normalized spacial score (nSPS) is 14.0. The number of amides is 3. The number of rotatable bonds is 9. The van der Waals surface area contributed by atoms with Crippen LogP contribution in [0.4, 0.5) is 16.5 Å². The Morgan fingerprint density at radius 2 is 1.58 bits per heavy atom. The fourth-order valence-corrected chi connectivity index (χ4v) is 5.13. The Morgan fingerprint density at radius 1 is 1.00 bits per heavy atom. The Bertz CT molecular complexity index is 1320. The molecule has 1 fully saturated rings. The van der Waals surface area contributed by atoms with E-state index in [9.17, 15) is 14.4 Å². The maximum atomic E-state index is 13.0. The van der Waals surface area contributed by atoms with Crippen molar-refractivity contribution in [1.29, 1.82) is 0 Å². The molecule has 0 saturated carbocycles. The van der Waals surface area contributed by atoms with E-state index in [0.29, 0.717) is 58.2 Å². The summed E-state index contributed by atoms with van der Waals surface area (Å²) in [6.45, 7) is 8.31. The molecule has 5 N–H and O–H groups in total. The summed E-state index contributed by atoms with van der Waals surface area (Å²) in [7, 11) is 3.47. The Kier molecular flexibility index (Phi) is 8.49. The molecule has 0 aliphatic carbocycles. The SMILES string of the molecule is CC(C)c1nc(N)sc1C(=O)Nc1cc(C(=O)Nc2cc(C(=O)NCCN3CCOCC3)n(C)c2)n(C)c1. The van der Waals surface area contributed by atoms with Gasteiger partial charge in [0.25, 0.3) is 17.7 Å². The van der Waals surface area contributed by atoms with Gasteiger partial charge in [-0.2, -0.15) is 0 Å². The van der Waals surface area contributed by atoms with Crippen molar-refractivity contribution in [2.45, 2.75) is 19.8 Å². The van der Waals surface area contributed by atoms with Crippen molar-refractivity contribution in [3.05, 3.63) is 46.5 Å². The van der Waals surface area contributed by atoms with Gasteiger partial charge in [0, 0.05) is 52.7 Å². The molecule has 204 valence electrons. The van der Waals surface area contributed by atoms with Gasteiger partial charge in [0.1, 0.15) is 16.3 Å². The predicted molar refractivity (Wildman–Crippen MR) is 147 cm³/mol. The lowest BCUT2D eigenvalue weighted by atomic mass is 10.1. The maximum Gasteiger partial charge on any atom is 0.272 e. The number of aromatic nitrogens is 3. The molecule has 1 aliphatic rings. The van der Waals surface area contributed by atoms with Gasteiger partial charge in [-0.1, -0.05) is 25.2 Å². The summed E-state index contributed by atoms with van der Waals surface area (Å²) in [5.41, 5.74) is 8.19. The van der Waals surface area contributed by atoms with Crippen LogP contribution < -0.4 is 21.7 Å². The molecule has 0 atom stereocenters. The number of hydrogen-bond donors (Lipinski definition) is 4. The van der Waals surface area contributed by atoms with Crippen LogP contribution in [0.3, 0.4) is 0 Å². The van der Waals surface area contributed by atoms with Crippen LogP contribution in [0.25, 0.3) is 0 Å². The topological polar surface area (TPSA) is 149 Å². The van der Waals surface area contributed by atoms with Crippen LogP contribution in [0.5, 0.6) is 0 Å². The molecule has 0 spiro atoms. The van der Waals surface area contributed by atoms with Crippen molar-refractivity contribution in [1.82, 2.24) is 24.3 Å². The number of hydrogen-bond acceptors (Lipinski definition) is 8. The first-order chi connectivity index (χ1) is 18.1. The van der Waals surface area contributed by atoms with E-state index in [-0.39, 0.29) is 23.6 Å². The molecule has 38 heavy (non-hydrogen) atoms. The lowest BCUT2D eigenvalue weighted by Gasteiger charge is -2.26. The number of morpholine rings is 1. The first-order valence-corrected chi connectivity index (χ1v) is 13.2. The number of ether oxygens (including phenoxy) is 1. The maximum absolute atomic E-state index is 13.0. The minimum absolute atomic E-state index is 0.0454. The summed E-state index contributed by atoms with van der Waals surface area (Å²) in [5, 5.41) is 8.92. The van der Waals surface area contributed by atoms with Crippen LogP contribution in [0, 0.1) is 0 Å². The standard InChI is InChI=1S/C25H34N8O4S/c1-15(2)20-21(38-25(26)30-20)24(36)29-17-12-19(32(4)14-17)23(35)28-16-11-18(31(3)13-16)22(34)27-5-6-33-7-9-37-10-8-33/h11-15H,5-10H2,1-4H3,(H2,26,30)(H,27,34)(H,28,35)(H,29,36). The molecule has 0 bridgehead atoms.